The third kappa shape index (κ3) is 2.03. The van der Waals surface area contributed by atoms with E-state index in [9.17, 15) is 4.39 Å². The number of hydrogen-bond acceptors (Lipinski definition) is 3. The highest BCUT2D eigenvalue weighted by Gasteiger charge is 2.15. The molecule has 0 radical (unpaired) electrons. The molecule has 0 spiro atoms. The monoisotopic (exact) mass is 237 g/mol. The van der Waals surface area contributed by atoms with Gasteiger partial charge in [-0.1, -0.05) is 23.7 Å². The number of benzene rings is 1. The molecule has 1 atom stereocenters. The Balaban J connectivity index is 2.42. The maximum Gasteiger partial charge on any atom is 0.142 e. The van der Waals surface area contributed by atoms with Gasteiger partial charge >= 0.3 is 0 Å². The van der Waals surface area contributed by atoms with Crippen molar-refractivity contribution >= 4 is 11.6 Å². The van der Waals surface area contributed by atoms with E-state index in [0.717, 1.165) is 0 Å². The predicted molar refractivity (Wildman–Crippen MR) is 59.5 cm³/mol. The van der Waals surface area contributed by atoms with Crippen LogP contribution in [0, 0.1) is 5.82 Å². The molecule has 2 rings (SSSR count). The lowest BCUT2D eigenvalue weighted by Crippen LogP contribution is -2.14. The van der Waals surface area contributed by atoms with Crippen molar-refractivity contribution in [2.45, 2.75) is 6.04 Å². The second kappa shape index (κ2) is 4.55. The van der Waals surface area contributed by atoms with Gasteiger partial charge in [-0.3, -0.25) is 9.97 Å². The number of halogens is 2. The highest BCUT2D eigenvalue weighted by atomic mass is 35.5. The lowest BCUT2D eigenvalue weighted by Gasteiger charge is -2.12. The summed E-state index contributed by atoms with van der Waals surface area (Å²) in [6.07, 6.45) is 4.61. The van der Waals surface area contributed by atoms with Crippen molar-refractivity contribution < 1.29 is 4.39 Å². The Kier molecular flexibility index (Phi) is 3.12. The summed E-state index contributed by atoms with van der Waals surface area (Å²) in [7, 11) is 0. The van der Waals surface area contributed by atoms with Crippen molar-refractivity contribution in [3.63, 3.8) is 0 Å². The highest BCUT2D eigenvalue weighted by molar-refractivity contribution is 6.31. The van der Waals surface area contributed by atoms with Gasteiger partial charge in [0.1, 0.15) is 5.82 Å². The van der Waals surface area contributed by atoms with Crippen molar-refractivity contribution in [3.8, 4) is 0 Å². The van der Waals surface area contributed by atoms with Gasteiger partial charge in [0, 0.05) is 12.4 Å². The van der Waals surface area contributed by atoms with Crippen LogP contribution in [-0.4, -0.2) is 9.97 Å². The molecular weight excluding hydrogens is 229 g/mol. The maximum absolute atomic E-state index is 13.2. The lowest BCUT2D eigenvalue weighted by atomic mass is 10.0. The molecule has 5 heteroatoms. The summed E-state index contributed by atoms with van der Waals surface area (Å²) in [6.45, 7) is 0. The zero-order valence-corrected chi connectivity index (χ0v) is 9.03. The predicted octanol–water partition coefficient (Wildman–Crippen LogP) is 2.32. The molecule has 0 aliphatic heterocycles. The Morgan fingerprint density at radius 3 is 2.81 bits per heavy atom. The van der Waals surface area contributed by atoms with E-state index in [2.05, 4.69) is 9.97 Å². The van der Waals surface area contributed by atoms with Gasteiger partial charge in [0.25, 0.3) is 0 Å². The largest absolute Gasteiger partial charge is 0.319 e. The molecule has 0 saturated carbocycles. The van der Waals surface area contributed by atoms with Crippen LogP contribution in [0.5, 0.6) is 0 Å². The van der Waals surface area contributed by atoms with E-state index in [1.807, 2.05) is 0 Å². The molecule has 0 saturated heterocycles. The van der Waals surface area contributed by atoms with Crippen LogP contribution in [0.25, 0.3) is 0 Å². The van der Waals surface area contributed by atoms with Crippen LogP contribution in [-0.2, 0) is 0 Å². The fourth-order valence-electron chi connectivity index (χ4n) is 1.39. The molecule has 82 valence electrons. The standard InChI is InChI=1S/C11H9ClFN3/c12-10-7(2-1-3-8(10)13)11(14)9-6-15-4-5-16-9/h1-6,11H,14H2. The number of nitrogens with two attached hydrogens (primary N) is 1. The van der Waals surface area contributed by atoms with Crippen LogP contribution in [0.2, 0.25) is 5.02 Å². The van der Waals surface area contributed by atoms with Gasteiger partial charge in [-0.15, -0.1) is 0 Å². The number of nitrogens with zero attached hydrogens (tertiary/aromatic N) is 2. The summed E-state index contributed by atoms with van der Waals surface area (Å²) in [4.78, 5) is 7.96. The molecular formula is C11H9ClFN3. The topological polar surface area (TPSA) is 51.8 Å². The minimum absolute atomic E-state index is 0.0284. The van der Waals surface area contributed by atoms with Crippen LogP contribution in [0.15, 0.2) is 36.8 Å². The number of hydrogen-bond donors (Lipinski definition) is 1. The van der Waals surface area contributed by atoms with Crippen molar-refractivity contribution in [3.05, 3.63) is 58.9 Å². The fraction of sp³-hybridized carbons (Fsp3) is 0.0909. The van der Waals surface area contributed by atoms with Gasteiger partial charge in [0.15, 0.2) is 0 Å². The molecule has 16 heavy (non-hydrogen) atoms. The first-order valence-corrected chi connectivity index (χ1v) is 5.03. The Bertz CT molecular complexity index is 490. The molecule has 0 aliphatic rings. The SMILES string of the molecule is NC(c1cnccn1)c1cccc(F)c1Cl. The van der Waals surface area contributed by atoms with Gasteiger partial charge < -0.3 is 5.73 Å². The first kappa shape index (κ1) is 11.0. The smallest absolute Gasteiger partial charge is 0.142 e. The summed E-state index contributed by atoms with van der Waals surface area (Å²) < 4.78 is 13.2. The minimum Gasteiger partial charge on any atom is -0.319 e. The van der Waals surface area contributed by atoms with Gasteiger partial charge in [0.2, 0.25) is 0 Å². The summed E-state index contributed by atoms with van der Waals surface area (Å²) in [5, 5.41) is 0.0284. The van der Waals surface area contributed by atoms with Crippen LogP contribution in [0.4, 0.5) is 4.39 Å². The Morgan fingerprint density at radius 1 is 1.31 bits per heavy atom. The van der Waals surface area contributed by atoms with Crippen LogP contribution in [0.3, 0.4) is 0 Å². The summed E-state index contributed by atoms with van der Waals surface area (Å²) in [5.41, 5.74) is 6.99. The van der Waals surface area contributed by atoms with Crippen LogP contribution < -0.4 is 5.73 Å². The zero-order valence-electron chi connectivity index (χ0n) is 8.27. The van der Waals surface area contributed by atoms with E-state index < -0.39 is 11.9 Å². The summed E-state index contributed by atoms with van der Waals surface area (Å²) in [6, 6.07) is 3.95. The average Bonchev–Trinajstić information content (AvgIpc) is 2.33. The third-order valence-corrected chi connectivity index (χ3v) is 2.62. The van der Waals surface area contributed by atoms with Crippen molar-refractivity contribution in [2.75, 3.05) is 0 Å². The Labute approximate surface area is 97.1 Å². The first-order valence-electron chi connectivity index (χ1n) is 4.65. The number of aromatic nitrogens is 2. The van der Waals surface area contributed by atoms with Crippen LogP contribution >= 0.6 is 11.6 Å². The van der Waals surface area contributed by atoms with E-state index in [-0.39, 0.29) is 5.02 Å². The molecule has 0 fully saturated rings. The van der Waals surface area contributed by atoms with Crippen LogP contribution in [0.1, 0.15) is 17.3 Å². The molecule has 3 nitrogen and oxygen atoms in total. The molecule has 1 heterocycles. The molecule has 2 aromatic rings. The van der Waals surface area contributed by atoms with E-state index in [0.29, 0.717) is 11.3 Å². The van der Waals surface area contributed by atoms with Gasteiger partial charge in [-0.05, 0) is 11.6 Å². The van der Waals surface area contributed by atoms with E-state index in [1.54, 1.807) is 18.3 Å². The van der Waals surface area contributed by atoms with E-state index >= 15 is 0 Å². The van der Waals surface area contributed by atoms with Crippen molar-refractivity contribution in [2.24, 2.45) is 5.73 Å². The minimum atomic E-state index is -0.572. The Hall–Kier alpha value is -1.52. The lowest BCUT2D eigenvalue weighted by molar-refractivity contribution is 0.623. The highest BCUT2D eigenvalue weighted by Crippen LogP contribution is 2.27. The molecule has 1 unspecified atom stereocenters. The van der Waals surface area contributed by atoms with Gasteiger partial charge in [-0.25, -0.2) is 4.39 Å². The average molecular weight is 238 g/mol. The second-order valence-corrected chi connectivity index (χ2v) is 3.63. The van der Waals surface area contributed by atoms with E-state index in [4.69, 9.17) is 17.3 Å². The molecule has 0 amide bonds. The summed E-state index contributed by atoms with van der Waals surface area (Å²) >= 11 is 5.83. The molecule has 1 aromatic carbocycles. The van der Waals surface area contributed by atoms with Crippen molar-refractivity contribution in [1.29, 1.82) is 0 Å². The van der Waals surface area contributed by atoms with E-state index in [1.165, 1.54) is 18.5 Å². The normalized spacial score (nSPS) is 12.4. The Morgan fingerprint density at radius 2 is 2.12 bits per heavy atom. The molecule has 0 aliphatic carbocycles. The third-order valence-electron chi connectivity index (χ3n) is 2.22. The quantitative estimate of drug-likeness (QED) is 0.872. The van der Waals surface area contributed by atoms with Gasteiger partial charge in [0.05, 0.1) is 23.0 Å². The molecule has 1 aromatic heterocycles. The summed E-state index contributed by atoms with van der Waals surface area (Å²) in [5.74, 6) is -0.487. The van der Waals surface area contributed by atoms with Gasteiger partial charge in [-0.2, -0.15) is 0 Å². The number of rotatable bonds is 2. The fourth-order valence-corrected chi connectivity index (χ4v) is 1.63. The second-order valence-electron chi connectivity index (χ2n) is 3.25. The maximum atomic E-state index is 13.2. The zero-order chi connectivity index (χ0) is 11.5. The molecule has 0 bridgehead atoms. The molecule has 2 N–H and O–H groups in total. The first-order chi connectivity index (χ1) is 7.70. The van der Waals surface area contributed by atoms with Crippen molar-refractivity contribution in [1.82, 2.24) is 9.97 Å².